The fourth-order valence-corrected chi connectivity index (χ4v) is 4.38. The summed E-state index contributed by atoms with van der Waals surface area (Å²) in [6.07, 6.45) is 0.581. The molecule has 1 aromatic carbocycles. The molecule has 5 rings (SSSR count). The van der Waals surface area contributed by atoms with E-state index >= 15 is 4.39 Å². The third-order valence-electron chi connectivity index (χ3n) is 5.99. The minimum Gasteiger partial charge on any atom is -0.442 e. The van der Waals surface area contributed by atoms with E-state index in [0.29, 0.717) is 48.6 Å². The highest BCUT2D eigenvalue weighted by Crippen LogP contribution is 2.28. The molecule has 2 aliphatic rings. The van der Waals surface area contributed by atoms with E-state index in [1.54, 1.807) is 35.1 Å². The van der Waals surface area contributed by atoms with Gasteiger partial charge in [-0.15, -0.1) is 0 Å². The Hall–Kier alpha value is -3.89. The van der Waals surface area contributed by atoms with E-state index in [4.69, 9.17) is 4.74 Å². The summed E-state index contributed by atoms with van der Waals surface area (Å²) >= 11 is 0. The molecule has 0 saturated carbocycles. The fourth-order valence-electron chi connectivity index (χ4n) is 4.38. The molecule has 11 heteroatoms. The molecule has 2 aliphatic heterocycles. The van der Waals surface area contributed by atoms with Crippen LogP contribution in [0.3, 0.4) is 0 Å². The van der Waals surface area contributed by atoms with E-state index in [1.165, 1.54) is 17.9 Å². The minimum absolute atomic E-state index is 0.0999. The van der Waals surface area contributed by atoms with Crippen molar-refractivity contribution >= 4 is 34.4 Å². The number of rotatable bonds is 4. The largest absolute Gasteiger partial charge is 0.442 e. The van der Waals surface area contributed by atoms with Gasteiger partial charge in [0.2, 0.25) is 5.91 Å². The third-order valence-corrected chi connectivity index (χ3v) is 5.99. The second-order valence-corrected chi connectivity index (χ2v) is 8.10. The summed E-state index contributed by atoms with van der Waals surface area (Å²) in [6.45, 7) is 3.66. The van der Waals surface area contributed by atoms with Crippen molar-refractivity contribution in [3.8, 4) is 0 Å². The van der Waals surface area contributed by atoms with Crippen molar-refractivity contribution in [1.82, 2.24) is 19.7 Å². The molecule has 1 N–H and O–H groups in total. The predicted octanol–water partition coefficient (Wildman–Crippen LogP) is 1.32. The Labute approximate surface area is 188 Å². The van der Waals surface area contributed by atoms with Gasteiger partial charge in [0, 0.05) is 26.2 Å². The maximum atomic E-state index is 15.1. The molecule has 0 radical (unpaired) electrons. The number of carbonyl (C=O) groups is 2. The van der Waals surface area contributed by atoms with E-state index in [1.807, 2.05) is 9.58 Å². The van der Waals surface area contributed by atoms with Gasteiger partial charge in [-0.3, -0.25) is 19.2 Å². The van der Waals surface area contributed by atoms with Gasteiger partial charge >= 0.3 is 6.09 Å². The highest BCUT2D eigenvalue weighted by Gasteiger charge is 2.33. The number of cyclic esters (lactones) is 1. The first-order chi connectivity index (χ1) is 15.9. The van der Waals surface area contributed by atoms with Crippen molar-refractivity contribution in [3.63, 3.8) is 0 Å². The number of nitrogens with one attached hydrogen (secondary N) is 1. The molecule has 0 unspecified atom stereocenters. The van der Waals surface area contributed by atoms with Gasteiger partial charge in [0.25, 0.3) is 5.56 Å². The average Bonchev–Trinajstić information content (AvgIpc) is 3.20. The lowest BCUT2D eigenvalue weighted by molar-refractivity contribution is -0.119. The van der Waals surface area contributed by atoms with Crippen LogP contribution in [0, 0.1) is 5.82 Å². The number of hydrogen-bond acceptors (Lipinski definition) is 6. The number of hydrogen-bond donors (Lipinski definition) is 1. The van der Waals surface area contributed by atoms with E-state index in [-0.39, 0.29) is 24.6 Å². The van der Waals surface area contributed by atoms with Crippen LogP contribution in [0.15, 0.2) is 41.3 Å². The second kappa shape index (κ2) is 8.23. The molecule has 1 fully saturated rings. The summed E-state index contributed by atoms with van der Waals surface area (Å²) in [4.78, 5) is 43.6. The Kier molecular flexibility index (Phi) is 5.23. The standard InChI is InChI=1S/C22H23FN6O4/c1-14(30)25-12-16-13-27(22(32)33-16)15-4-5-19(18(23)11-15)26-7-9-28-20-17(3-2-6-24-20)21(31)29(28)10-8-26/h2-6,11,16H,7-10,12-13H2,1H3,(H,25,30)/t16-/m0/s1. The lowest BCUT2D eigenvalue weighted by Gasteiger charge is -2.23. The summed E-state index contributed by atoms with van der Waals surface area (Å²) in [5, 5.41) is 3.20. The van der Waals surface area contributed by atoms with Crippen LogP contribution in [0.4, 0.5) is 20.6 Å². The number of nitrogens with zero attached hydrogens (tertiary/aromatic N) is 5. The first kappa shape index (κ1) is 21.0. The Morgan fingerprint density at radius 1 is 1.18 bits per heavy atom. The molecular formula is C22H23FN6O4. The maximum Gasteiger partial charge on any atom is 0.414 e. The van der Waals surface area contributed by atoms with E-state index in [2.05, 4.69) is 10.3 Å². The van der Waals surface area contributed by atoms with Crippen LogP contribution in [0.25, 0.3) is 11.0 Å². The summed E-state index contributed by atoms with van der Waals surface area (Å²) in [5.41, 5.74) is 1.31. The molecule has 2 amide bonds. The molecule has 3 aromatic rings. The molecule has 1 saturated heterocycles. The number of fused-ring (bicyclic) bond motifs is 3. The predicted molar refractivity (Wildman–Crippen MR) is 119 cm³/mol. The quantitative estimate of drug-likeness (QED) is 0.638. The number of aromatic nitrogens is 3. The lowest BCUT2D eigenvalue weighted by Crippen LogP contribution is -2.33. The molecule has 172 valence electrons. The number of ether oxygens (including phenoxy) is 1. The first-order valence-electron chi connectivity index (χ1n) is 10.7. The number of halogens is 1. The average molecular weight is 454 g/mol. The van der Waals surface area contributed by atoms with Crippen molar-refractivity contribution in [2.45, 2.75) is 26.1 Å². The van der Waals surface area contributed by atoms with Gasteiger partial charge in [0.05, 0.1) is 42.9 Å². The molecule has 1 atom stereocenters. The van der Waals surface area contributed by atoms with Gasteiger partial charge in [-0.2, -0.15) is 0 Å². The Morgan fingerprint density at radius 3 is 2.73 bits per heavy atom. The fraction of sp³-hybridized carbons (Fsp3) is 0.364. The number of anilines is 2. The molecule has 0 bridgehead atoms. The molecule has 10 nitrogen and oxygen atoms in total. The molecular weight excluding hydrogens is 431 g/mol. The van der Waals surface area contributed by atoms with E-state index in [0.717, 1.165) is 0 Å². The van der Waals surface area contributed by atoms with Crippen LogP contribution in [0.2, 0.25) is 0 Å². The highest BCUT2D eigenvalue weighted by molar-refractivity contribution is 5.90. The summed E-state index contributed by atoms with van der Waals surface area (Å²) in [6, 6.07) is 8.13. The van der Waals surface area contributed by atoms with Gasteiger partial charge < -0.3 is 15.0 Å². The third kappa shape index (κ3) is 3.79. The molecule has 33 heavy (non-hydrogen) atoms. The van der Waals surface area contributed by atoms with Gasteiger partial charge in [0.1, 0.15) is 11.9 Å². The highest BCUT2D eigenvalue weighted by atomic mass is 19.1. The topological polar surface area (TPSA) is 102 Å². The van der Waals surface area contributed by atoms with Crippen LogP contribution in [0.5, 0.6) is 0 Å². The van der Waals surface area contributed by atoms with Gasteiger partial charge in [0.15, 0.2) is 5.65 Å². The second-order valence-electron chi connectivity index (χ2n) is 8.10. The van der Waals surface area contributed by atoms with E-state index in [9.17, 15) is 14.4 Å². The number of carbonyl (C=O) groups excluding carboxylic acids is 2. The Bertz CT molecular complexity index is 1300. The summed E-state index contributed by atoms with van der Waals surface area (Å²) in [5.74, 6) is -0.678. The SMILES string of the molecule is CC(=O)NC[C@H]1CN(c2ccc(N3CCn4c(=O)c5cccnc5n4CC3)c(F)c2)C(=O)O1. The molecule has 0 spiro atoms. The number of amides is 2. The minimum atomic E-state index is -0.578. The van der Waals surface area contributed by atoms with Crippen molar-refractivity contribution in [1.29, 1.82) is 0 Å². The van der Waals surface area contributed by atoms with Crippen LogP contribution in [-0.4, -0.2) is 58.6 Å². The van der Waals surface area contributed by atoms with Crippen molar-refractivity contribution in [3.05, 3.63) is 52.7 Å². The van der Waals surface area contributed by atoms with E-state index < -0.39 is 18.0 Å². The van der Waals surface area contributed by atoms with Crippen LogP contribution in [0.1, 0.15) is 6.92 Å². The summed E-state index contributed by atoms with van der Waals surface area (Å²) < 4.78 is 23.9. The van der Waals surface area contributed by atoms with Gasteiger partial charge in [-0.1, -0.05) is 0 Å². The Morgan fingerprint density at radius 2 is 1.97 bits per heavy atom. The molecule has 0 aliphatic carbocycles. The number of pyridine rings is 1. The van der Waals surface area contributed by atoms with Crippen molar-refractivity contribution in [2.24, 2.45) is 0 Å². The van der Waals surface area contributed by atoms with Crippen molar-refractivity contribution < 1.29 is 18.7 Å². The number of benzene rings is 1. The van der Waals surface area contributed by atoms with Gasteiger partial charge in [-0.25, -0.2) is 18.9 Å². The first-order valence-corrected chi connectivity index (χ1v) is 10.7. The monoisotopic (exact) mass is 454 g/mol. The van der Waals surface area contributed by atoms with Crippen LogP contribution in [-0.2, 0) is 22.6 Å². The smallest absolute Gasteiger partial charge is 0.414 e. The zero-order chi connectivity index (χ0) is 23.1. The normalized spacial score (nSPS) is 18.2. The van der Waals surface area contributed by atoms with Crippen LogP contribution < -0.4 is 20.7 Å². The zero-order valence-corrected chi connectivity index (χ0v) is 18.0. The summed E-state index contributed by atoms with van der Waals surface area (Å²) in [7, 11) is 0. The maximum absolute atomic E-state index is 15.1. The van der Waals surface area contributed by atoms with Crippen molar-refractivity contribution in [2.75, 3.05) is 36.0 Å². The lowest BCUT2D eigenvalue weighted by atomic mass is 10.2. The Balaban J connectivity index is 1.33. The van der Waals surface area contributed by atoms with Crippen LogP contribution >= 0.6 is 0 Å². The van der Waals surface area contributed by atoms with Gasteiger partial charge in [-0.05, 0) is 30.3 Å². The molecule has 2 aromatic heterocycles. The zero-order valence-electron chi connectivity index (χ0n) is 18.0. The molecule has 4 heterocycles.